The van der Waals surface area contributed by atoms with Crippen LogP contribution >= 0.6 is 0 Å². The average Bonchev–Trinajstić information content (AvgIpc) is 2.78. The van der Waals surface area contributed by atoms with Gasteiger partial charge in [-0.2, -0.15) is 5.10 Å². The number of aromatic nitrogens is 2. The summed E-state index contributed by atoms with van der Waals surface area (Å²) in [4.78, 5) is 0. The highest BCUT2D eigenvalue weighted by Crippen LogP contribution is 2.15. The van der Waals surface area contributed by atoms with Gasteiger partial charge in [-0.1, -0.05) is 12.1 Å². The molecular formula is C16H23N3O. The second kappa shape index (κ2) is 6.57. The van der Waals surface area contributed by atoms with Crippen molar-refractivity contribution in [2.45, 2.75) is 46.4 Å². The van der Waals surface area contributed by atoms with Crippen molar-refractivity contribution in [2.24, 2.45) is 5.73 Å². The van der Waals surface area contributed by atoms with Gasteiger partial charge in [0.05, 0.1) is 11.4 Å². The Morgan fingerprint density at radius 3 is 2.60 bits per heavy atom. The fourth-order valence-corrected chi connectivity index (χ4v) is 2.24. The summed E-state index contributed by atoms with van der Waals surface area (Å²) < 4.78 is 7.79. The van der Waals surface area contributed by atoms with Gasteiger partial charge in [0.15, 0.2) is 0 Å². The van der Waals surface area contributed by atoms with Crippen LogP contribution in [0.25, 0.3) is 0 Å². The van der Waals surface area contributed by atoms with E-state index in [9.17, 15) is 0 Å². The van der Waals surface area contributed by atoms with Crippen LogP contribution in [-0.4, -0.2) is 15.8 Å². The highest BCUT2D eigenvalue weighted by Gasteiger charge is 2.05. The van der Waals surface area contributed by atoms with Gasteiger partial charge in [-0.15, -0.1) is 0 Å². The van der Waals surface area contributed by atoms with E-state index in [1.54, 1.807) is 0 Å². The van der Waals surface area contributed by atoms with Crippen LogP contribution in [-0.2, 0) is 19.6 Å². The lowest BCUT2D eigenvalue weighted by atomic mass is 10.1. The maximum absolute atomic E-state index is 5.82. The third kappa shape index (κ3) is 3.84. The topological polar surface area (TPSA) is 53.1 Å². The van der Waals surface area contributed by atoms with Gasteiger partial charge in [0, 0.05) is 12.6 Å². The fourth-order valence-electron chi connectivity index (χ4n) is 2.24. The summed E-state index contributed by atoms with van der Waals surface area (Å²) in [5.74, 6) is 0.875. The quantitative estimate of drug-likeness (QED) is 0.880. The predicted octanol–water partition coefficient (Wildman–Crippen LogP) is 2.68. The zero-order valence-electron chi connectivity index (χ0n) is 12.5. The van der Waals surface area contributed by atoms with Gasteiger partial charge in [0.2, 0.25) is 0 Å². The number of benzene rings is 1. The van der Waals surface area contributed by atoms with Gasteiger partial charge >= 0.3 is 0 Å². The molecule has 1 heterocycles. The van der Waals surface area contributed by atoms with Crippen molar-refractivity contribution in [2.75, 3.05) is 0 Å². The fraction of sp³-hybridized carbons (Fsp3) is 0.438. The molecule has 20 heavy (non-hydrogen) atoms. The maximum Gasteiger partial charge on any atom is 0.130 e. The third-order valence-corrected chi connectivity index (χ3v) is 3.15. The molecule has 0 saturated heterocycles. The molecule has 4 heteroatoms. The Labute approximate surface area is 120 Å². The molecule has 0 saturated carbocycles. The number of aryl methyl sites for hydroxylation is 2. The molecule has 4 nitrogen and oxygen atoms in total. The lowest BCUT2D eigenvalue weighted by Crippen LogP contribution is -2.17. The molecule has 1 unspecified atom stereocenters. The van der Waals surface area contributed by atoms with E-state index in [1.165, 1.54) is 5.56 Å². The van der Waals surface area contributed by atoms with Crippen LogP contribution < -0.4 is 10.5 Å². The summed E-state index contributed by atoms with van der Waals surface area (Å²) in [5, 5.41) is 4.41. The van der Waals surface area contributed by atoms with Crippen LogP contribution in [0.5, 0.6) is 5.75 Å². The zero-order valence-corrected chi connectivity index (χ0v) is 12.5. The largest absolute Gasteiger partial charge is 0.487 e. The molecule has 0 aliphatic rings. The minimum absolute atomic E-state index is 0.184. The van der Waals surface area contributed by atoms with E-state index < -0.39 is 0 Å². The minimum atomic E-state index is 0.184. The molecule has 0 amide bonds. The van der Waals surface area contributed by atoms with Gasteiger partial charge in [0.1, 0.15) is 12.4 Å². The minimum Gasteiger partial charge on any atom is -0.487 e. The molecule has 2 rings (SSSR count). The van der Waals surface area contributed by atoms with Crippen molar-refractivity contribution < 1.29 is 4.74 Å². The molecule has 1 atom stereocenters. The Morgan fingerprint density at radius 1 is 1.30 bits per heavy atom. The third-order valence-electron chi connectivity index (χ3n) is 3.15. The number of rotatable bonds is 6. The molecule has 1 aromatic heterocycles. The smallest absolute Gasteiger partial charge is 0.130 e. The first-order chi connectivity index (χ1) is 9.58. The summed E-state index contributed by atoms with van der Waals surface area (Å²) in [6.45, 7) is 7.50. The number of hydrogen-bond donors (Lipinski definition) is 1. The van der Waals surface area contributed by atoms with Crippen LogP contribution in [0.15, 0.2) is 30.3 Å². The first kappa shape index (κ1) is 14.6. The molecule has 108 valence electrons. The van der Waals surface area contributed by atoms with Gasteiger partial charge < -0.3 is 10.5 Å². The summed E-state index contributed by atoms with van der Waals surface area (Å²) >= 11 is 0. The SMILES string of the molecule is CCn1nc(C)cc1COc1ccc(CC(C)N)cc1. The van der Waals surface area contributed by atoms with Crippen molar-refractivity contribution in [3.63, 3.8) is 0 Å². The Morgan fingerprint density at radius 2 is 2.00 bits per heavy atom. The maximum atomic E-state index is 5.82. The molecule has 0 aliphatic carbocycles. The summed E-state index contributed by atoms with van der Waals surface area (Å²) in [6.07, 6.45) is 0.891. The average molecular weight is 273 g/mol. The number of nitrogens with two attached hydrogens (primary N) is 1. The van der Waals surface area contributed by atoms with Gasteiger partial charge in [0.25, 0.3) is 0 Å². The van der Waals surface area contributed by atoms with E-state index in [0.29, 0.717) is 6.61 Å². The van der Waals surface area contributed by atoms with Gasteiger partial charge in [-0.25, -0.2) is 0 Å². The van der Waals surface area contributed by atoms with E-state index in [2.05, 4.69) is 30.2 Å². The summed E-state index contributed by atoms with van der Waals surface area (Å²) in [5.41, 5.74) is 9.16. The van der Waals surface area contributed by atoms with Crippen molar-refractivity contribution >= 4 is 0 Å². The van der Waals surface area contributed by atoms with Crippen molar-refractivity contribution in [3.8, 4) is 5.75 Å². The monoisotopic (exact) mass is 273 g/mol. The Hall–Kier alpha value is -1.81. The Kier molecular flexibility index (Phi) is 4.79. The Balaban J connectivity index is 1.96. The summed E-state index contributed by atoms with van der Waals surface area (Å²) in [7, 11) is 0. The lowest BCUT2D eigenvalue weighted by molar-refractivity contribution is 0.292. The highest BCUT2D eigenvalue weighted by atomic mass is 16.5. The molecule has 0 spiro atoms. The molecule has 0 aliphatic heterocycles. The van der Waals surface area contributed by atoms with Crippen molar-refractivity contribution in [3.05, 3.63) is 47.3 Å². The van der Waals surface area contributed by atoms with Crippen molar-refractivity contribution in [1.82, 2.24) is 9.78 Å². The zero-order chi connectivity index (χ0) is 14.5. The molecule has 0 radical (unpaired) electrons. The predicted molar refractivity (Wildman–Crippen MR) is 80.8 cm³/mol. The molecule has 0 bridgehead atoms. The van der Waals surface area contributed by atoms with E-state index in [4.69, 9.17) is 10.5 Å². The van der Waals surface area contributed by atoms with Gasteiger partial charge in [-0.3, -0.25) is 4.68 Å². The number of hydrogen-bond acceptors (Lipinski definition) is 3. The number of nitrogens with zero attached hydrogens (tertiary/aromatic N) is 2. The van der Waals surface area contributed by atoms with Crippen LogP contribution in [0.4, 0.5) is 0 Å². The second-order valence-electron chi connectivity index (χ2n) is 5.21. The molecule has 0 fully saturated rings. The summed E-state index contributed by atoms with van der Waals surface area (Å²) in [6, 6.07) is 10.4. The molecule has 1 aromatic carbocycles. The van der Waals surface area contributed by atoms with E-state index in [1.807, 2.05) is 30.7 Å². The van der Waals surface area contributed by atoms with Crippen LogP contribution in [0, 0.1) is 6.92 Å². The van der Waals surface area contributed by atoms with E-state index in [0.717, 1.165) is 30.1 Å². The molecule has 2 aromatic rings. The second-order valence-corrected chi connectivity index (χ2v) is 5.21. The van der Waals surface area contributed by atoms with E-state index in [-0.39, 0.29) is 6.04 Å². The highest BCUT2D eigenvalue weighted by molar-refractivity contribution is 5.28. The first-order valence-corrected chi connectivity index (χ1v) is 7.09. The van der Waals surface area contributed by atoms with E-state index >= 15 is 0 Å². The number of ether oxygens (including phenoxy) is 1. The first-order valence-electron chi connectivity index (χ1n) is 7.09. The normalized spacial score (nSPS) is 12.4. The van der Waals surface area contributed by atoms with Crippen LogP contribution in [0.1, 0.15) is 30.8 Å². The van der Waals surface area contributed by atoms with Crippen LogP contribution in [0.3, 0.4) is 0 Å². The van der Waals surface area contributed by atoms with Crippen LogP contribution in [0.2, 0.25) is 0 Å². The Bertz CT molecular complexity index is 543. The van der Waals surface area contributed by atoms with Crippen molar-refractivity contribution in [1.29, 1.82) is 0 Å². The van der Waals surface area contributed by atoms with Gasteiger partial charge in [-0.05, 0) is 51.0 Å². The standard InChI is InChI=1S/C16H23N3O/c1-4-19-15(10-13(3)18-19)11-20-16-7-5-14(6-8-16)9-12(2)17/h5-8,10,12H,4,9,11,17H2,1-3H3. The molecule has 2 N–H and O–H groups in total. The molecular weight excluding hydrogens is 250 g/mol. The lowest BCUT2D eigenvalue weighted by Gasteiger charge is -2.09.